The van der Waals surface area contributed by atoms with Crippen molar-refractivity contribution in [3.8, 4) is 5.69 Å². The highest BCUT2D eigenvalue weighted by Crippen LogP contribution is 2.33. The Morgan fingerprint density at radius 2 is 1.69 bits per heavy atom. The van der Waals surface area contributed by atoms with Gasteiger partial charge in [0.1, 0.15) is 11.5 Å². The summed E-state index contributed by atoms with van der Waals surface area (Å²) in [6.07, 6.45) is 3.88. The van der Waals surface area contributed by atoms with E-state index in [1.54, 1.807) is 23.0 Å². The predicted molar refractivity (Wildman–Crippen MR) is 133 cm³/mol. The fraction of sp³-hybridized carbons (Fsp3) is 0.296. The highest BCUT2D eigenvalue weighted by molar-refractivity contribution is 7.07. The Morgan fingerprint density at radius 3 is 2.40 bits per heavy atom. The van der Waals surface area contributed by atoms with E-state index in [-0.39, 0.29) is 17.6 Å². The van der Waals surface area contributed by atoms with Crippen LogP contribution >= 0.6 is 11.3 Å². The zero-order valence-electron chi connectivity index (χ0n) is 19.1. The average Bonchev–Trinajstić information content (AvgIpc) is 3.54. The van der Waals surface area contributed by atoms with Gasteiger partial charge in [-0.25, -0.2) is 9.37 Å². The summed E-state index contributed by atoms with van der Waals surface area (Å²) in [4.78, 5) is 33.6. The summed E-state index contributed by atoms with van der Waals surface area (Å²) >= 11 is 1.44. The molecular formula is C27H25FN4O2S. The van der Waals surface area contributed by atoms with Crippen molar-refractivity contribution in [2.45, 2.75) is 12.8 Å². The molecule has 4 aromatic rings. The van der Waals surface area contributed by atoms with E-state index in [0.717, 1.165) is 55.6 Å². The summed E-state index contributed by atoms with van der Waals surface area (Å²) in [6, 6.07) is 14.1. The number of carbonyl (C=O) groups excluding carboxylic acids is 2. The van der Waals surface area contributed by atoms with Gasteiger partial charge in [-0.15, -0.1) is 11.3 Å². The van der Waals surface area contributed by atoms with E-state index in [0.29, 0.717) is 23.1 Å². The van der Waals surface area contributed by atoms with Crippen LogP contribution in [-0.2, 0) is 0 Å². The van der Waals surface area contributed by atoms with Crippen LogP contribution in [0.2, 0.25) is 0 Å². The number of halogens is 1. The molecule has 0 N–H and O–H groups in total. The number of hydrogen-bond acceptors (Lipinski definition) is 4. The molecule has 6 nitrogen and oxygen atoms in total. The fourth-order valence-corrected chi connectivity index (χ4v) is 5.84. The van der Waals surface area contributed by atoms with E-state index >= 15 is 0 Å². The van der Waals surface area contributed by atoms with Crippen molar-refractivity contribution in [2.75, 3.05) is 26.2 Å². The number of rotatable bonds is 4. The summed E-state index contributed by atoms with van der Waals surface area (Å²) in [7, 11) is 0. The standard InChI is InChI=1S/C27H25FN4O2S/c28-22-2-4-23(5-3-22)32-12-9-19-13-20(1-6-25(19)32)26(33)30-10-7-18(8-11-30)21-14-31(15-21)27(34)24-16-35-17-29-24/h1-6,9,12-13,16-18,21H,7-8,10-11,14-15H2. The van der Waals surface area contributed by atoms with Crippen molar-refractivity contribution in [1.82, 2.24) is 19.4 Å². The lowest BCUT2D eigenvalue weighted by Gasteiger charge is -2.45. The number of amides is 2. The van der Waals surface area contributed by atoms with Crippen molar-refractivity contribution >= 4 is 34.1 Å². The molecule has 0 unspecified atom stereocenters. The maximum atomic E-state index is 13.3. The summed E-state index contributed by atoms with van der Waals surface area (Å²) in [5.41, 5.74) is 4.78. The quantitative estimate of drug-likeness (QED) is 0.413. The maximum Gasteiger partial charge on any atom is 0.273 e. The highest BCUT2D eigenvalue weighted by Gasteiger charge is 2.38. The number of fused-ring (bicyclic) bond motifs is 1. The molecule has 35 heavy (non-hydrogen) atoms. The Balaban J connectivity index is 1.07. The molecule has 0 radical (unpaired) electrons. The topological polar surface area (TPSA) is 58.4 Å². The van der Waals surface area contributed by atoms with Gasteiger partial charge in [-0.2, -0.15) is 0 Å². The Labute approximate surface area is 206 Å². The van der Waals surface area contributed by atoms with Gasteiger partial charge in [0, 0.05) is 54.4 Å². The van der Waals surface area contributed by atoms with Crippen molar-refractivity contribution in [3.63, 3.8) is 0 Å². The lowest BCUT2D eigenvalue weighted by Crippen LogP contribution is -2.54. The molecule has 2 amide bonds. The second-order valence-corrected chi connectivity index (χ2v) is 10.1. The first-order valence-electron chi connectivity index (χ1n) is 11.9. The van der Waals surface area contributed by atoms with E-state index in [1.807, 2.05) is 44.8 Å². The predicted octanol–water partition coefficient (Wildman–Crippen LogP) is 4.85. The van der Waals surface area contributed by atoms with Gasteiger partial charge in [-0.05, 0) is 73.2 Å². The minimum Gasteiger partial charge on any atom is -0.339 e. The number of nitrogens with zero attached hydrogens (tertiary/aromatic N) is 4. The minimum atomic E-state index is -0.263. The monoisotopic (exact) mass is 488 g/mol. The molecular weight excluding hydrogens is 463 g/mol. The van der Waals surface area contributed by atoms with Gasteiger partial charge in [-0.3, -0.25) is 9.59 Å². The maximum absolute atomic E-state index is 13.3. The molecule has 2 aliphatic rings. The van der Waals surface area contributed by atoms with Crippen molar-refractivity contribution in [2.24, 2.45) is 11.8 Å². The van der Waals surface area contributed by atoms with Crippen LogP contribution in [0.5, 0.6) is 0 Å². The average molecular weight is 489 g/mol. The molecule has 2 fully saturated rings. The normalized spacial score (nSPS) is 17.1. The van der Waals surface area contributed by atoms with Crippen LogP contribution in [-0.4, -0.2) is 57.3 Å². The number of aromatic nitrogens is 2. The Kier molecular flexibility index (Phi) is 5.60. The molecule has 2 aromatic carbocycles. The zero-order valence-corrected chi connectivity index (χ0v) is 20.0. The lowest BCUT2D eigenvalue weighted by molar-refractivity contribution is 0.0225. The van der Waals surface area contributed by atoms with Crippen LogP contribution in [0.1, 0.15) is 33.7 Å². The number of thiazole rings is 1. The first kappa shape index (κ1) is 22.0. The van der Waals surface area contributed by atoms with Crippen LogP contribution in [0.15, 0.2) is 65.6 Å². The summed E-state index contributed by atoms with van der Waals surface area (Å²) < 4.78 is 15.3. The third kappa shape index (κ3) is 4.12. The van der Waals surface area contributed by atoms with Gasteiger partial charge in [0.2, 0.25) is 0 Å². The first-order valence-corrected chi connectivity index (χ1v) is 12.8. The van der Waals surface area contributed by atoms with Crippen LogP contribution in [0, 0.1) is 17.7 Å². The molecule has 0 spiro atoms. The van der Waals surface area contributed by atoms with Crippen LogP contribution in [0.4, 0.5) is 4.39 Å². The molecule has 2 saturated heterocycles. The van der Waals surface area contributed by atoms with E-state index in [4.69, 9.17) is 0 Å². The third-order valence-corrected chi connectivity index (χ3v) is 7.97. The molecule has 2 aromatic heterocycles. The van der Waals surface area contributed by atoms with Gasteiger partial charge in [0.05, 0.1) is 11.0 Å². The van der Waals surface area contributed by atoms with Crippen molar-refractivity contribution in [3.05, 3.63) is 82.7 Å². The van der Waals surface area contributed by atoms with E-state index < -0.39 is 0 Å². The van der Waals surface area contributed by atoms with Crippen molar-refractivity contribution < 1.29 is 14.0 Å². The number of benzene rings is 2. The van der Waals surface area contributed by atoms with Crippen LogP contribution in [0.25, 0.3) is 16.6 Å². The third-order valence-electron chi connectivity index (χ3n) is 7.38. The largest absolute Gasteiger partial charge is 0.339 e. The number of carbonyl (C=O) groups is 2. The summed E-state index contributed by atoms with van der Waals surface area (Å²) in [6.45, 7) is 3.07. The molecule has 0 bridgehead atoms. The van der Waals surface area contributed by atoms with Gasteiger partial charge < -0.3 is 14.4 Å². The lowest BCUT2D eigenvalue weighted by atomic mass is 9.79. The molecule has 178 valence electrons. The smallest absolute Gasteiger partial charge is 0.273 e. The summed E-state index contributed by atoms with van der Waals surface area (Å²) in [5.74, 6) is 0.886. The Morgan fingerprint density at radius 1 is 0.914 bits per heavy atom. The molecule has 2 aliphatic heterocycles. The van der Waals surface area contributed by atoms with Gasteiger partial charge in [0.25, 0.3) is 11.8 Å². The van der Waals surface area contributed by atoms with Crippen LogP contribution in [0.3, 0.4) is 0 Å². The molecule has 4 heterocycles. The Hall–Kier alpha value is -3.52. The Bertz CT molecular complexity index is 1370. The zero-order chi connectivity index (χ0) is 23.9. The molecule has 0 atom stereocenters. The number of hydrogen-bond donors (Lipinski definition) is 0. The van der Waals surface area contributed by atoms with E-state index in [9.17, 15) is 14.0 Å². The SMILES string of the molecule is O=C(c1ccc2c(ccn2-c2ccc(F)cc2)c1)N1CCC(C2CN(C(=O)c3cscn3)C2)CC1. The van der Waals surface area contributed by atoms with Gasteiger partial charge >= 0.3 is 0 Å². The highest BCUT2D eigenvalue weighted by atomic mass is 32.1. The summed E-state index contributed by atoms with van der Waals surface area (Å²) in [5, 5.41) is 2.78. The van der Waals surface area contributed by atoms with E-state index in [2.05, 4.69) is 4.98 Å². The van der Waals surface area contributed by atoms with Gasteiger partial charge in [0.15, 0.2) is 0 Å². The van der Waals surface area contributed by atoms with Crippen LogP contribution < -0.4 is 0 Å². The van der Waals surface area contributed by atoms with Crippen molar-refractivity contribution in [1.29, 1.82) is 0 Å². The van der Waals surface area contributed by atoms with E-state index in [1.165, 1.54) is 23.5 Å². The van der Waals surface area contributed by atoms with Gasteiger partial charge in [-0.1, -0.05) is 0 Å². The first-order chi connectivity index (χ1) is 17.1. The molecule has 0 aliphatic carbocycles. The molecule has 6 rings (SSSR count). The second-order valence-electron chi connectivity index (χ2n) is 9.41. The second kappa shape index (κ2) is 8.92. The fourth-order valence-electron chi connectivity index (χ4n) is 5.32. The molecule has 0 saturated carbocycles. The molecule has 8 heteroatoms. The number of likely N-dealkylation sites (tertiary alicyclic amines) is 2. The minimum absolute atomic E-state index is 0.0266. The number of piperidine rings is 1.